The number of nitrogens with two attached hydrogens (primary N) is 1. The highest BCUT2D eigenvalue weighted by atomic mass is 19.1. The molecule has 2 aromatic rings. The maximum atomic E-state index is 12.8. The second kappa shape index (κ2) is 5.70. The third-order valence-electron chi connectivity index (χ3n) is 3.00. The van der Waals surface area contributed by atoms with Crippen LogP contribution in [0.5, 0.6) is 0 Å². The Balaban J connectivity index is 2.49. The number of aromatic nitrogens is 1. The summed E-state index contributed by atoms with van der Waals surface area (Å²) in [4.78, 5) is 23.5. The van der Waals surface area contributed by atoms with Crippen LogP contribution in [0.25, 0.3) is 0 Å². The van der Waals surface area contributed by atoms with E-state index in [4.69, 9.17) is 5.73 Å². The van der Waals surface area contributed by atoms with Crippen LogP contribution in [0.2, 0.25) is 0 Å². The average Bonchev–Trinajstić information content (AvgIpc) is 2.39. The van der Waals surface area contributed by atoms with Gasteiger partial charge in [-0.3, -0.25) is 9.59 Å². The topological polar surface area (TPSA) is 77.4 Å². The van der Waals surface area contributed by atoms with E-state index in [1.807, 2.05) is 0 Å². The molecule has 1 heterocycles. The molecule has 0 fully saturated rings. The van der Waals surface area contributed by atoms with Crippen molar-refractivity contribution in [3.63, 3.8) is 0 Å². The molecule has 0 saturated carbocycles. The lowest BCUT2D eigenvalue weighted by molar-refractivity contribution is 0.0997. The van der Waals surface area contributed by atoms with Crippen LogP contribution in [0.15, 0.2) is 40.2 Å². The summed E-state index contributed by atoms with van der Waals surface area (Å²) in [6.45, 7) is 3.34. The Kier molecular flexibility index (Phi) is 3.98. The lowest BCUT2D eigenvalue weighted by Crippen LogP contribution is -2.30. The van der Waals surface area contributed by atoms with Crippen molar-refractivity contribution in [1.29, 1.82) is 0 Å². The van der Waals surface area contributed by atoms with E-state index in [0.29, 0.717) is 16.8 Å². The van der Waals surface area contributed by atoms with Crippen molar-refractivity contribution < 1.29 is 9.18 Å². The van der Waals surface area contributed by atoms with Gasteiger partial charge in [0, 0.05) is 5.69 Å². The normalized spacial score (nSPS) is 11.0. The molecule has 108 valence electrons. The van der Waals surface area contributed by atoms with Crippen molar-refractivity contribution in [3.05, 3.63) is 68.9 Å². The van der Waals surface area contributed by atoms with Crippen molar-refractivity contribution in [3.8, 4) is 0 Å². The fourth-order valence-electron chi connectivity index (χ4n) is 2.00. The SMILES string of the molecule is Cc1cc(C)n(N=Cc2ccc(F)cc2)c(=O)c1C(N)=O. The molecule has 0 atom stereocenters. The molecule has 1 aromatic heterocycles. The molecule has 0 radical (unpaired) electrons. The van der Waals surface area contributed by atoms with Crippen molar-refractivity contribution in [1.82, 2.24) is 4.68 Å². The monoisotopic (exact) mass is 287 g/mol. The van der Waals surface area contributed by atoms with Crippen molar-refractivity contribution in [2.24, 2.45) is 10.8 Å². The smallest absolute Gasteiger partial charge is 0.284 e. The number of pyridine rings is 1. The number of aryl methyl sites for hydroxylation is 2. The van der Waals surface area contributed by atoms with Gasteiger partial charge in [0.25, 0.3) is 11.5 Å². The average molecular weight is 287 g/mol. The molecule has 0 spiro atoms. The zero-order chi connectivity index (χ0) is 15.6. The Labute approximate surface area is 120 Å². The molecule has 6 heteroatoms. The highest BCUT2D eigenvalue weighted by Crippen LogP contribution is 2.06. The zero-order valence-electron chi connectivity index (χ0n) is 11.6. The highest BCUT2D eigenvalue weighted by molar-refractivity contribution is 5.93. The van der Waals surface area contributed by atoms with E-state index < -0.39 is 11.5 Å². The number of halogens is 1. The summed E-state index contributed by atoms with van der Waals surface area (Å²) in [6.07, 6.45) is 1.41. The van der Waals surface area contributed by atoms with Crippen LogP contribution in [0.4, 0.5) is 4.39 Å². The minimum absolute atomic E-state index is 0.0862. The number of amides is 1. The van der Waals surface area contributed by atoms with Crippen LogP contribution in [0, 0.1) is 19.7 Å². The molecule has 0 unspecified atom stereocenters. The number of hydrogen-bond acceptors (Lipinski definition) is 3. The number of nitrogens with zero attached hydrogens (tertiary/aromatic N) is 2. The summed E-state index contributed by atoms with van der Waals surface area (Å²) in [7, 11) is 0. The number of carbonyl (C=O) groups excluding carboxylic acids is 1. The van der Waals surface area contributed by atoms with Gasteiger partial charge in [-0.1, -0.05) is 12.1 Å². The minimum atomic E-state index is -0.789. The first-order chi connectivity index (χ1) is 9.90. The van der Waals surface area contributed by atoms with E-state index in [0.717, 1.165) is 4.68 Å². The highest BCUT2D eigenvalue weighted by Gasteiger charge is 2.14. The van der Waals surface area contributed by atoms with Gasteiger partial charge in [-0.15, -0.1) is 0 Å². The number of rotatable bonds is 3. The lowest BCUT2D eigenvalue weighted by atomic mass is 10.1. The van der Waals surface area contributed by atoms with E-state index in [9.17, 15) is 14.0 Å². The Morgan fingerprint density at radius 2 is 1.90 bits per heavy atom. The lowest BCUT2D eigenvalue weighted by Gasteiger charge is -2.08. The van der Waals surface area contributed by atoms with Gasteiger partial charge in [-0.2, -0.15) is 5.10 Å². The summed E-state index contributed by atoms with van der Waals surface area (Å²) in [6, 6.07) is 7.30. The van der Waals surface area contributed by atoms with Crippen LogP contribution in [-0.2, 0) is 0 Å². The first-order valence-corrected chi connectivity index (χ1v) is 6.23. The second-order valence-corrected chi connectivity index (χ2v) is 4.62. The van der Waals surface area contributed by atoms with Crippen molar-refractivity contribution >= 4 is 12.1 Å². The predicted molar refractivity (Wildman–Crippen MR) is 78.1 cm³/mol. The van der Waals surface area contributed by atoms with Gasteiger partial charge in [0.15, 0.2) is 0 Å². The van der Waals surface area contributed by atoms with Gasteiger partial charge in [0.2, 0.25) is 0 Å². The maximum Gasteiger partial charge on any atom is 0.284 e. The summed E-state index contributed by atoms with van der Waals surface area (Å²) in [5.74, 6) is -1.14. The molecule has 0 aliphatic rings. The fourth-order valence-corrected chi connectivity index (χ4v) is 2.00. The maximum absolute atomic E-state index is 12.8. The summed E-state index contributed by atoms with van der Waals surface area (Å²) in [5, 5.41) is 4.04. The molecule has 1 aromatic carbocycles. The molecule has 1 amide bonds. The molecular formula is C15H14FN3O2. The third kappa shape index (κ3) is 3.05. The Morgan fingerprint density at radius 3 is 2.48 bits per heavy atom. The number of primary amides is 1. The van der Waals surface area contributed by atoms with Gasteiger partial charge in [0.1, 0.15) is 11.4 Å². The van der Waals surface area contributed by atoms with E-state index in [2.05, 4.69) is 5.10 Å². The quantitative estimate of drug-likeness (QED) is 0.870. The van der Waals surface area contributed by atoms with Gasteiger partial charge in [-0.05, 0) is 43.2 Å². The molecule has 0 saturated heterocycles. The summed E-state index contributed by atoms with van der Waals surface area (Å²) < 4.78 is 13.9. The molecule has 21 heavy (non-hydrogen) atoms. The third-order valence-corrected chi connectivity index (χ3v) is 3.00. The Morgan fingerprint density at radius 1 is 1.29 bits per heavy atom. The molecule has 2 rings (SSSR count). The van der Waals surface area contributed by atoms with Crippen molar-refractivity contribution in [2.45, 2.75) is 13.8 Å². The van der Waals surface area contributed by atoms with Crippen LogP contribution in [0.3, 0.4) is 0 Å². The summed E-state index contributed by atoms with van der Waals surface area (Å²) in [5.41, 5.74) is 6.27. The minimum Gasteiger partial charge on any atom is -0.365 e. The molecule has 0 aliphatic carbocycles. The van der Waals surface area contributed by atoms with Crippen LogP contribution in [0.1, 0.15) is 27.2 Å². The van der Waals surface area contributed by atoms with E-state index >= 15 is 0 Å². The number of hydrogen-bond donors (Lipinski definition) is 1. The molecule has 0 aliphatic heterocycles. The van der Waals surface area contributed by atoms with Crippen LogP contribution < -0.4 is 11.3 Å². The van der Waals surface area contributed by atoms with Gasteiger partial charge in [-0.25, -0.2) is 9.07 Å². The first kappa shape index (κ1) is 14.6. The Hall–Kier alpha value is -2.76. The molecule has 0 bridgehead atoms. The zero-order valence-corrected chi connectivity index (χ0v) is 11.6. The van der Waals surface area contributed by atoms with Crippen LogP contribution >= 0.6 is 0 Å². The molecular weight excluding hydrogens is 273 g/mol. The summed E-state index contributed by atoms with van der Waals surface area (Å²) >= 11 is 0. The van der Waals surface area contributed by atoms with Crippen molar-refractivity contribution in [2.75, 3.05) is 0 Å². The predicted octanol–water partition coefficient (Wildman–Crippen LogP) is 1.59. The standard InChI is InChI=1S/C15H14FN3O2/c1-9-7-10(2)19(15(21)13(9)14(17)20)18-8-11-3-5-12(16)6-4-11/h3-8H,1-2H3,(H2,17,20). The van der Waals surface area contributed by atoms with Gasteiger partial charge in [0.05, 0.1) is 6.21 Å². The van der Waals surface area contributed by atoms with Crippen LogP contribution in [-0.4, -0.2) is 16.8 Å². The number of carbonyl (C=O) groups is 1. The van der Waals surface area contributed by atoms with Gasteiger partial charge >= 0.3 is 0 Å². The molecule has 5 nitrogen and oxygen atoms in total. The van der Waals surface area contributed by atoms with E-state index in [1.54, 1.807) is 19.9 Å². The largest absolute Gasteiger partial charge is 0.365 e. The second-order valence-electron chi connectivity index (χ2n) is 4.62. The van der Waals surface area contributed by atoms with Gasteiger partial charge < -0.3 is 5.73 Å². The fraction of sp³-hybridized carbons (Fsp3) is 0.133. The van der Waals surface area contributed by atoms with E-state index in [1.165, 1.54) is 30.5 Å². The number of benzene rings is 1. The first-order valence-electron chi connectivity index (χ1n) is 6.23. The Bertz CT molecular complexity index is 777. The molecule has 2 N–H and O–H groups in total. The van der Waals surface area contributed by atoms with E-state index in [-0.39, 0.29) is 11.4 Å².